The van der Waals surface area contributed by atoms with Gasteiger partial charge in [0.1, 0.15) is 5.82 Å². The zero-order valence-corrected chi connectivity index (χ0v) is 11.3. The van der Waals surface area contributed by atoms with Crippen molar-refractivity contribution < 1.29 is 0 Å². The number of hydrogen-bond donors (Lipinski definition) is 1. The minimum atomic E-state index is 0.685. The normalized spacial score (nSPS) is 15.0. The molecule has 1 aromatic heterocycles. The Bertz CT molecular complexity index is 377. The highest BCUT2D eigenvalue weighted by molar-refractivity contribution is 6.31. The number of rotatable bonds is 6. The number of aromatic nitrogens is 1. The second-order valence-electron chi connectivity index (χ2n) is 4.67. The molecule has 94 valence electrons. The van der Waals surface area contributed by atoms with Gasteiger partial charge >= 0.3 is 0 Å². The topological polar surface area (TPSA) is 28.2 Å². The Labute approximate surface area is 108 Å². The summed E-state index contributed by atoms with van der Waals surface area (Å²) in [5, 5.41) is 4.20. The average molecular weight is 254 g/mol. The van der Waals surface area contributed by atoms with E-state index in [4.69, 9.17) is 11.6 Å². The third-order valence-electron chi connectivity index (χ3n) is 2.99. The maximum absolute atomic E-state index is 6.16. The molecule has 0 atom stereocenters. The average Bonchev–Trinajstić information content (AvgIpc) is 3.12. The molecule has 3 nitrogen and oxygen atoms in total. The van der Waals surface area contributed by atoms with E-state index in [2.05, 4.69) is 29.2 Å². The largest absolute Gasteiger partial charge is 0.360 e. The van der Waals surface area contributed by atoms with E-state index >= 15 is 0 Å². The first kappa shape index (κ1) is 12.7. The summed E-state index contributed by atoms with van der Waals surface area (Å²) in [7, 11) is 2.07. The zero-order chi connectivity index (χ0) is 12.3. The van der Waals surface area contributed by atoms with Gasteiger partial charge in [-0.05, 0) is 31.4 Å². The first-order valence-corrected chi connectivity index (χ1v) is 6.68. The van der Waals surface area contributed by atoms with E-state index in [1.54, 1.807) is 0 Å². The van der Waals surface area contributed by atoms with Gasteiger partial charge in [-0.2, -0.15) is 0 Å². The van der Waals surface area contributed by atoms with Gasteiger partial charge in [0, 0.05) is 26.2 Å². The van der Waals surface area contributed by atoms with Crippen molar-refractivity contribution in [2.24, 2.45) is 0 Å². The summed E-state index contributed by atoms with van der Waals surface area (Å²) < 4.78 is 0. The third kappa shape index (κ3) is 3.58. The van der Waals surface area contributed by atoms with Crippen LogP contribution in [-0.4, -0.2) is 24.6 Å². The summed E-state index contributed by atoms with van der Waals surface area (Å²) in [5.41, 5.74) is 0.957. The molecule has 17 heavy (non-hydrogen) atoms. The maximum atomic E-state index is 6.16. The van der Waals surface area contributed by atoms with Gasteiger partial charge in [-0.25, -0.2) is 4.98 Å². The van der Waals surface area contributed by atoms with Crippen LogP contribution in [0.5, 0.6) is 0 Å². The predicted octanol–water partition coefficient (Wildman–Crippen LogP) is 2.83. The summed E-state index contributed by atoms with van der Waals surface area (Å²) >= 11 is 6.16. The summed E-state index contributed by atoms with van der Waals surface area (Å²) in [6.07, 6.45) is 3.69. The quantitative estimate of drug-likeness (QED) is 0.845. The van der Waals surface area contributed by atoms with Gasteiger partial charge in [0.05, 0.1) is 10.7 Å². The SMILES string of the molecule is CCCN(C)c1ccc(Cl)c(CNC2CC2)n1. The lowest BCUT2D eigenvalue weighted by Crippen LogP contribution is -2.21. The van der Waals surface area contributed by atoms with Crippen LogP contribution < -0.4 is 10.2 Å². The van der Waals surface area contributed by atoms with E-state index in [0.29, 0.717) is 6.04 Å². The van der Waals surface area contributed by atoms with Crippen molar-refractivity contribution in [3.63, 3.8) is 0 Å². The Morgan fingerprint density at radius 1 is 1.47 bits per heavy atom. The Kier molecular flexibility index (Phi) is 4.24. The Balaban J connectivity index is 2.04. The molecule has 0 aliphatic heterocycles. The molecule has 1 aromatic rings. The standard InChI is InChI=1S/C13H20ClN3/c1-3-8-17(2)13-7-6-11(14)12(16-13)9-15-10-4-5-10/h6-7,10,15H,3-5,8-9H2,1-2H3. The van der Waals surface area contributed by atoms with Crippen LogP contribution in [0.4, 0.5) is 5.82 Å². The second-order valence-corrected chi connectivity index (χ2v) is 5.08. The Morgan fingerprint density at radius 3 is 2.88 bits per heavy atom. The van der Waals surface area contributed by atoms with Crippen molar-refractivity contribution >= 4 is 17.4 Å². The molecule has 0 amide bonds. The monoisotopic (exact) mass is 253 g/mol. The second kappa shape index (κ2) is 5.69. The first-order chi connectivity index (χ1) is 8.20. The van der Waals surface area contributed by atoms with Crippen molar-refractivity contribution in [1.82, 2.24) is 10.3 Å². The summed E-state index contributed by atoms with van der Waals surface area (Å²) in [6, 6.07) is 4.61. The minimum Gasteiger partial charge on any atom is -0.360 e. The van der Waals surface area contributed by atoms with E-state index < -0.39 is 0 Å². The molecule has 0 radical (unpaired) electrons. The molecular formula is C13H20ClN3. The van der Waals surface area contributed by atoms with Gasteiger partial charge < -0.3 is 10.2 Å². The lowest BCUT2D eigenvalue weighted by Gasteiger charge is -2.18. The van der Waals surface area contributed by atoms with E-state index in [0.717, 1.165) is 36.0 Å². The number of pyridine rings is 1. The number of anilines is 1. The predicted molar refractivity (Wildman–Crippen MR) is 72.7 cm³/mol. The molecule has 1 aliphatic carbocycles. The fourth-order valence-electron chi connectivity index (χ4n) is 1.79. The molecular weight excluding hydrogens is 234 g/mol. The first-order valence-electron chi connectivity index (χ1n) is 6.30. The fraction of sp³-hybridized carbons (Fsp3) is 0.615. The fourth-order valence-corrected chi connectivity index (χ4v) is 1.96. The van der Waals surface area contributed by atoms with E-state index in [1.165, 1.54) is 12.8 Å². The van der Waals surface area contributed by atoms with E-state index in [9.17, 15) is 0 Å². The van der Waals surface area contributed by atoms with Crippen LogP contribution in [0.25, 0.3) is 0 Å². The van der Waals surface area contributed by atoms with Gasteiger partial charge in [0.2, 0.25) is 0 Å². The van der Waals surface area contributed by atoms with Gasteiger partial charge in [-0.3, -0.25) is 0 Å². The van der Waals surface area contributed by atoms with Crippen molar-refractivity contribution in [2.45, 2.75) is 38.8 Å². The van der Waals surface area contributed by atoms with Crippen molar-refractivity contribution in [3.8, 4) is 0 Å². The molecule has 1 aliphatic rings. The molecule has 0 bridgehead atoms. The van der Waals surface area contributed by atoms with Crippen LogP contribution in [0.15, 0.2) is 12.1 Å². The van der Waals surface area contributed by atoms with Crippen LogP contribution in [0.3, 0.4) is 0 Å². The summed E-state index contributed by atoms with van der Waals surface area (Å²) in [6.45, 7) is 3.96. The molecule has 1 fully saturated rings. The van der Waals surface area contributed by atoms with Crippen molar-refractivity contribution in [1.29, 1.82) is 0 Å². The number of nitrogens with zero attached hydrogens (tertiary/aromatic N) is 2. The third-order valence-corrected chi connectivity index (χ3v) is 3.33. The summed E-state index contributed by atoms with van der Waals surface area (Å²) in [5.74, 6) is 1.00. The lowest BCUT2D eigenvalue weighted by molar-refractivity contribution is 0.673. The van der Waals surface area contributed by atoms with Crippen molar-refractivity contribution in [2.75, 3.05) is 18.5 Å². The molecule has 1 N–H and O–H groups in total. The van der Waals surface area contributed by atoms with Crippen LogP contribution in [-0.2, 0) is 6.54 Å². The highest BCUT2D eigenvalue weighted by Gasteiger charge is 2.20. The van der Waals surface area contributed by atoms with Crippen LogP contribution >= 0.6 is 11.6 Å². The molecule has 1 saturated carbocycles. The van der Waals surface area contributed by atoms with Gasteiger partial charge in [-0.1, -0.05) is 18.5 Å². The molecule has 1 heterocycles. The smallest absolute Gasteiger partial charge is 0.128 e. The Morgan fingerprint density at radius 2 is 2.24 bits per heavy atom. The molecule has 0 saturated heterocycles. The van der Waals surface area contributed by atoms with Crippen LogP contribution in [0.1, 0.15) is 31.9 Å². The Hall–Kier alpha value is -0.800. The minimum absolute atomic E-state index is 0.685. The molecule has 4 heteroatoms. The van der Waals surface area contributed by atoms with E-state index in [-0.39, 0.29) is 0 Å². The lowest BCUT2D eigenvalue weighted by atomic mass is 10.3. The molecule has 2 rings (SSSR count). The summed E-state index contributed by atoms with van der Waals surface area (Å²) in [4.78, 5) is 6.79. The van der Waals surface area contributed by atoms with E-state index in [1.807, 2.05) is 12.1 Å². The van der Waals surface area contributed by atoms with Gasteiger partial charge in [0.25, 0.3) is 0 Å². The van der Waals surface area contributed by atoms with Gasteiger partial charge in [0.15, 0.2) is 0 Å². The number of nitrogens with one attached hydrogen (secondary N) is 1. The zero-order valence-electron chi connectivity index (χ0n) is 10.5. The number of halogens is 1. The molecule has 0 spiro atoms. The number of hydrogen-bond acceptors (Lipinski definition) is 3. The highest BCUT2D eigenvalue weighted by atomic mass is 35.5. The maximum Gasteiger partial charge on any atom is 0.128 e. The van der Waals surface area contributed by atoms with Crippen molar-refractivity contribution in [3.05, 3.63) is 22.8 Å². The van der Waals surface area contributed by atoms with Crippen LogP contribution in [0.2, 0.25) is 5.02 Å². The molecule has 0 unspecified atom stereocenters. The highest BCUT2D eigenvalue weighted by Crippen LogP contribution is 2.22. The van der Waals surface area contributed by atoms with Gasteiger partial charge in [-0.15, -0.1) is 0 Å². The molecule has 0 aromatic carbocycles. The van der Waals surface area contributed by atoms with Crippen LogP contribution in [0, 0.1) is 0 Å².